The molecule has 0 atom stereocenters. The molecule has 29 heavy (non-hydrogen) atoms. The Kier molecular flexibility index (Phi) is 7.28. The molecule has 0 radical (unpaired) electrons. The van der Waals surface area contributed by atoms with Gasteiger partial charge in [-0.25, -0.2) is 9.59 Å². The van der Waals surface area contributed by atoms with Crippen molar-refractivity contribution in [3.63, 3.8) is 0 Å². The van der Waals surface area contributed by atoms with Gasteiger partial charge in [0.2, 0.25) is 0 Å². The van der Waals surface area contributed by atoms with Gasteiger partial charge in [-0.2, -0.15) is 0 Å². The zero-order valence-corrected chi connectivity index (χ0v) is 18.2. The number of nitrogens with one attached hydrogen (secondary N) is 2. The molecule has 0 saturated carbocycles. The van der Waals surface area contributed by atoms with Gasteiger partial charge in [0.15, 0.2) is 0 Å². The normalized spacial score (nSPS) is 13.1. The number of anilines is 1. The molecule has 1 aromatic heterocycles. The number of amides is 2. The number of nitrogens with zero attached hydrogens (tertiary/aromatic N) is 1. The van der Waals surface area contributed by atoms with Crippen LogP contribution in [0.15, 0.2) is 24.3 Å². The van der Waals surface area contributed by atoms with Crippen molar-refractivity contribution in [2.45, 2.75) is 45.7 Å². The predicted octanol–water partition coefficient (Wildman–Crippen LogP) is 4.19. The number of esters is 1. The lowest BCUT2D eigenvalue weighted by molar-refractivity contribution is 0.0526. The van der Waals surface area contributed by atoms with Gasteiger partial charge in [-0.15, -0.1) is 11.3 Å². The summed E-state index contributed by atoms with van der Waals surface area (Å²) in [5.74, 6) is -0.348. The lowest BCUT2D eigenvalue weighted by Crippen LogP contribution is -2.28. The number of carbonyl (C=O) groups excluding carboxylic acids is 2. The van der Waals surface area contributed by atoms with Crippen LogP contribution in [0.3, 0.4) is 0 Å². The summed E-state index contributed by atoms with van der Waals surface area (Å²) < 4.78 is 5.24. The first-order valence-corrected chi connectivity index (χ1v) is 10.9. The monoisotopic (exact) mass is 415 g/mol. The van der Waals surface area contributed by atoms with Crippen molar-refractivity contribution in [2.75, 3.05) is 26.0 Å². The van der Waals surface area contributed by atoms with Gasteiger partial charge in [-0.3, -0.25) is 5.32 Å². The molecule has 1 aliphatic rings. The summed E-state index contributed by atoms with van der Waals surface area (Å²) in [4.78, 5) is 28.2. The Morgan fingerprint density at radius 1 is 1.10 bits per heavy atom. The van der Waals surface area contributed by atoms with Crippen LogP contribution in [0.4, 0.5) is 9.80 Å². The molecule has 3 rings (SSSR count). The molecule has 2 aromatic rings. The molecule has 0 spiro atoms. The summed E-state index contributed by atoms with van der Waals surface area (Å²) in [5, 5.41) is 6.35. The highest BCUT2D eigenvalue weighted by atomic mass is 32.1. The fraction of sp³-hybridized carbons (Fsp3) is 0.455. The third-order valence-corrected chi connectivity index (χ3v) is 6.06. The van der Waals surface area contributed by atoms with E-state index < -0.39 is 0 Å². The van der Waals surface area contributed by atoms with E-state index in [2.05, 4.69) is 27.7 Å². The topological polar surface area (TPSA) is 70.7 Å². The van der Waals surface area contributed by atoms with Crippen LogP contribution in [0.1, 0.15) is 51.7 Å². The molecular weight excluding hydrogens is 386 g/mol. The molecule has 2 amide bonds. The minimum absolute atomic E-state index is 0.313. The number of ether oxygens (including phenoxy) is 1. The number of hydrogen-bond donors (Lipinski definition) is 2. The Balaban J connectivity index is 1.64. The molecule has 7 heteroatoms. The molecule has 6 nitrogen and oxygen atoms in total. The summed E-state index contributed by atoms with van der Waals surface area (Å²) in [5.41, 5.74) is 3.84. The van der Waals surface area contributed by atoms with Crippen LogP contribution in [-0.4, -0.2) is 37.6 Å². The van der Waals surface area contributed by atoms with E-state index in [0.29, 0.717) is 23.7 Å². The van der Waals surface area contributed by atoms with Crippen LogP contribution in [-0.2, 0) is 30.7 Å². The van der Waals surface area contributed by atoms with Crippen LogP contribution in [0.5, 0.6) is 0 Å². The average molecular weight is 416 g/mol. The second-order valence-corrected chi connectivity index (χ2v) is 8.60. The summed E-state index contributed by atoms with van der Waals surface area (Å²) >= 11 is 1.50. The Labute approximate surface area is 176 Å². The second-order valence-electron chi connectivity index (χ2n) is 7.50. The third-order valence-electron chi connectivity index (χ3n) is 4.85. The number of urea groups is 1. The van der Waals surface area contributed by atoms with E-state index in [1.165, 1.54) is 21.8 Å². The highest BCUT2D eigenvalue weighted by Gasteiger charge is 2.27. The van der Waals surface area contributed by atoms with Crippen molar-refractivity contribution in [3.8, 4) is 0 Å². The van der Waals surface area contributed by atoms with Crippen LogP contribution in [0, 0.1) is 0 Å². The Bertz CT molecular complexity index is 859. The zero-order chi connectivity index (χ0) is 20.8. The van der Waals surface area contributed by atoms with E-state index >= 15 is 0 Å². The van der Waals surface area contributed by atoms with Crippen LogP contribution >= 0.6 is 11.3 Å². The molecule has 2 N–H and O–H groups in total. The number of fused-ring (bicyclic) bond motifs is 1. The van der Waals surface area contributed by atoms with Crippen molar-refractivity contribution in [3.05, 3.63) is 51.4 Å². The number of benzene rings is 1. The molecule has 1 heterocycles. The third kappa shape index (κ3) is 5.58. The van der Waals surface area contributed by atoms with Crippen molar-refractivity contribution in [2.24, 2.45) is 0 Å². The highest BCUT2D eigenvalue weighted by molar-refractivity contribution is 7.17. The first-order valence-electron chi connectivity index (χ1n) is 10.1. The molecule has 0 bridgehead atoms. The van der Waals surface area contributed by atoms with Crippen LogP contribution in [0.25, 0.3) is 0 Å². The van der Waals surface area contributed by atoms with Crippen molar-refractivity contribution in [1.29, 1.82) is 0 Å². The Hall–Kier alpha value is -2.38. The maximum Gasteiger partial charge on any atom is 0.341 e. The molecule has 0 saturated heterocycles. The number of rotatable bonds is 7. The average Bonchev–Trinajstić information content (AvgIpc) is 3.05. The number of thiophene rings is 1. The molecule has 156 valence electrons. The van der Waals surface area contributed by atoms with Gasteiger partial charge in [0.25, 0.3) is 0 Å². The SMILES string of the molecule is CCOC(=O)c1c(NC(=O)NCc2ccc(CN(C)C)cc2)sc2c1CCCC2. The van der Waals surface area contributed by atoms with Gasteiger partial charge in [0, 0.05) is 18.0 Å². The van der Waals surface area contributed by atoms with Crippen molar-refractivity contribution >= 4 is 28.3 Å². The lowest BCUT2D eigenvalue weighted by atomic mass is 9.95. The summed E-state index contributed by atoms with van der Waals surface area (Å²) in [7, 11) is 4.07. The summed E-state index contributed by atoms with van der Waals surface area (Å²) in [6, 6.07) is 7.87. The van der Waals surface area contributed by atoms with Gasteiger partial charge in [-0.05, 0) is 63.4 Å². The van der Waals surface area contributed by atoms with E-state index in [1.807, 2.05) is 26.2 Å². The van der Waals surface area contributed by atoms with Gasteiger partial charge in [0.1, 0.15) is 5.00 Å². The second kappa shape index (κ2) is 9.89. The fourth-order valence-corrected chi connectivity index (χ4v) is 4.80. The van der Waals surface area contributed by atoms with Gasteiger partial charge in [-0.1, -0.05) is 24.3 Å². The van der Waals surface area contributed by atoms with Crippen molar-refractivity contribution in [1.82, 2.24) is 10.2 Å². The quantitative estimate of drug-likeness (QED) is 0.666. The van der Waals surface area contributed by atoms with Crippen molar-refractivity contribution < 1.29 is 14.3 Å². The van der Waals surface area contributed by atoms with Gasteiger partial charge < -0.3 is 15.0 Å². The smallest absolute Gasteiger partial charge is 0.341 e. The van der Waals surface area contributed by atoms with E-state index in [4.69, 9.17) is 4.74 Å². The lowest BCUT2D eigenvalue weighted by Gasteiger charge is -2.12. The maximum atomic E-state index is 12.5. The first-order chi connectivity index (χ1) is 14.0. The standard InChI is InChI=1S/C22H29N3O3S/c1-4-28-21(26)19-17-7-5-6-8-18(17)29-20(19)24-22(27)23-13-15-9-11-16(12-10-15)14-25(2)3/h9-12H,4-8,13-14H2,1-3H3,(H2,23,24,27). The van der Waals surface area contributed by atoms with E-state index in [-0.39, 0.29) is 12.0 Å². The fourth-order valence-electron chi connectivity index (χ4n) is 3.53. The highest BCUT2D eigenvalue weighted by Crippen LogP contribution is 2.38. The molecule has 0 fully saturated rings. The first kappa shape index (κ1) is 21.3. The molecular formula is C22H29N3O3S. The summed E-state index contributed by atoms with van der Waals surface area (Å²) in [6.07, 6.45) is 3.99. The molecule has 0 unspecified atom stereocenters. The van der Waals surface area contributed by atoms with Gasteiger partial charge in [0.05, 0.1) is 12.2 Å². The Morgan fingerprint density at radius 2 is 1.79 bits per heavy atom. The summed E-state index contributed by atoms with van der Waals surface area (Å²) in [6.45, 7) is 3.42. The minimum Gasteiger partial charge on any atom is -0.462 e. The number of aryl methyl sites for hydroxylation is 1. The number of carbonyl (C=O) groups is 2. The van der Waals surface area contributed by atoms with E-state index in [9.17, 15) is 9.59 Å². The van der Waals surface area contributed by atoms with E-state index in [0.717, 1.165) is 43.4 Å². The van der Waals surface area contributed by atoms with E-state index in [1.54, 1.807) is 6.92 Å². The molecule has 1 aromatic carbocycles. The Morgan fingerprint density at radius 3 is 2.48 bits per heavy atom. The minimum atomic E-state index is -0.348. The molecule has 0 aliphatic heterocycles. The van der Waals surface area contributed by atoms with Crippen LogP contribution in [0.2, 0.25) is 0 Å². The predicted molar refractivity (Wildman–Crippen MR) is 117 cm³/mol. The molecule has 1 aliphatic carbocycles. The zero-order valence-electron chi connectivity index (χ0n) is 17.3. The largest absolute Gasteiger partial charge is 0.462 e. The van der Waals surface area contributed by atoms with Crippen LogP contribution < -0.4 is 10.6 Å². The van der Waals surface area contributed by atoms with Gasteiger partial charge >= 0.3 is 12.0 Å². The number of hydrogen-bond acceptors (Lipinski definition) is 5. The maximum absolute atomic E-state index is 12.5.